The van der Waals surface area contributed by atoms with Crippen LogP contribution in [0.2, 0.25) is 0 Å². The summed E-state index contributed by atoms with van der Waals surface area (Å²) in [5.74, 6) is 1.06. The summed E-state index contributed by atoms with van der Waals surface area (Å²) in [6, 6.07) is 32.2. The van der Waals surface area contributed by atoms with Gasteiger partial charge < -0.3 is 14.5 Å². The summed E-state index contributed by atoms with van der Waals surface area (Å²) in [5.41, 5.74) is 3.68. The lowest BCUT2D eigenvalue weighted by atomic mass is 9.98. The fourth-order valence-corrected chi connectivity index (χ4v) is 3.86. The van der Waals surface area contributed by atoms with Crippen LogP contribution in [0, 0.1) is 0 Å². The van der Waals surface area contributed by atoms with E-state index in [0.717, 1.165) is 22.6 Å². The van der Waals surface area contributed by atoms with Crippen molar-refractivity contribution in [1.82, 2.24) is 15.1 Å². The van der Waals surface area contributed by atoms with Gasteiger partial charge in [-0.3, -0.25) is 4.79 Å². The van der Waals surface area contributed by atoms with E-state index in [9.17, 15) is 4.79 Å². The van der Waals surface area contributed by atoms with E-state index in [-0.39, 0.29) is 11.9 Å². The number of amides is 1. The van der Waals surface area contributed by atoms with E-state index in [2.05, 4.69) is 10.4 Å². The molecular weight excluding hydrogens is 426 g/mol. The molecule has 0 aliphatic rings. The second-order valence-electron chi connectivity index (χ2n) is 7.73. The van der Waals surface area contributed by atoms with Gasteiger partial charge in [-0.1, -0.05) is 60.7 Å². The number of rotatable bonds is 7. The quantitative estimate of drug-likeness (QED) is 0.348. The van der Waals surface area contributed by atoms with Crippen LogP contribution in [-0.4, -0.2) is 22.8 Å². The molecule has 1 N–H and O–H groups in total. The van der Waals surface area contributed by atoms with Gasteiger partial charge in [0.2, 0.25) is 0 Å². The van der Waals surface area contributed by atoms with Gasteiger partial charge in [0.15, 0.2) is 5.76 Å². The third kappa shape index (κ3) is 4.34. The first kappa shape index (κ1) is 21.3. The number of aromatic nitrogens is 2. The molecule has 0 radical (unpaired) electrons. The molecule has 5 rings (SSSR count). The fourth-order valence-electron chi connectivity index (χ4n) is 3.86. The number of nitrogens with zero attached hydrogens (tertiary/aromatic N) is 2. The minimum Gasteiger partial charge on any atom is -0.497 e. The molecule has 5 aromatic rings. The highest BCUT2D eigenvalue weighted by atomic mass is 16.5. The lowest BCUT2D eigenvalue weighted by molar-refractivity contribution is 0.0935. The third-order valence-corrected chi connectivity index (χ3v) is 5.57. The third-order valence-electron chi connectivity index (χ3n) is 5.57. The van der Waals surface area contributed by atoms with Gasteiger partial charge in [0.25, 0.3) is 5.91 Å². The highest BCUT2D eigenvalue weighted by Gasteiger charge is 2.23. The van der Waals surface area contributed by atoms with E-state index in [1.807, 2.05) is 91.0 Å². The minimum atomic E-state index is -0.318. The van der Waals surface area contributed by atoms with Crippen molar-refractivity contribution in [2.24, 2.45) is 0 Å². The van der Waals surface area contributed by atoms with Crippen molar-refractivity contribution in [3.8, 4) is 22.9 Å². The summed E-state index contributed by atoms with van der Waals surface area (Å²) < 4.78 is 12.4. The first-order valence-corrected chi connectivity index (χ1v) is 10.9. The summed E-state index contributed by atoms with van der Waals surface area (Å²) in [5, 5.41) is 7.88. The number of hydrogen-bond donors (Lipinski definition) is 1. The van der Waals surface area contributed by atoms with Gasteiger partial charge >= 0.3 is 0 Å². The lowest BCUT2D eigenvalue weighted by Crippen LogP contribution is -2.31. The smallest absolute Gasteiger partial charge is 0.270 e. The molecule has 0 bridgehead atoms. The van der Waals surface area contributed by atoms with Crippen molar-refractivity contribution < 1.29 is 13.9 Å². The molecule has 0 aliphatic heterocycles. The number of methoxy groups -OCH3 is 1. The van der Waals surface area contributed by atoms with Crippen molar-refractivity contribution >= 4 is 5.91 Å². The van der Waals surface area contributed by atoms with Crippen LogP contribution >= 0.6 is 0 Å². The predicted octanol–water partition coefficient (Wildman–Crippen LogP) is 5.66. The van der Waals surface area contributed by atoms with Gasteiger partial charge in [0.1, 0.15) is 17.1 Å². The summed E-state index contributed by atoms with van der Waals surface area (Å²) >= 11 is 0. The predicted molar refractivity (Wildman–Crippen MR) is 130 cm³/mol. The zero-order chi connectivity index (χ0) is 23.3. The van der Waals surface area contributed by atoms with E-state index in [4.69, 9.17) is 9.15 Å². The van der Waals surface area contributed by atoms with E-state index < -0.39 is 0 Å². The molecular formula is C28H23N3O3. The Labute approximate surface area is 197 Å². The van der Waals surface area contributed by atoms with Crippen molar-refractivity contribution in [3.05, 3.63) is 126 Å². The Morgan fingerprint density at radius 1 is 0.882 bits per heavy atom. The van der Waals surface area contributed by atoms with Crippen LogP contribution in [0.5, 0.6) is 5.75 Å². The van der Waals surface area contributed by atoms with Crippen molar-refractivity contribution in [3.63, 3.8) is 0 Å². The molecule has 0 aliphatic carbocycles. The Balaban J connectivity index is 1.55. The summed E-state index contributed by atoms with van der Waals surface area (Å²) in [7, 11) is 1.62. The molecule has 0 saturated heterocycles. The molecule has 2 heterocycles. The lowest BCUT2D eigenvalue weighted by Gasteiger charge is -2.20. The van der Waals surface area contributed by atoms with Crippen LogP contribution in [0.1, 0.15) is 27.7 Å². The average molecular weight is 450 g/mol. The highest BCUT2D eigenvalue weighted by molar-refractivity contribution is 5.94. The fraction of sp³-hybridized carbons (Fsp3) is 0.0714. The van der Waals surface area contributed by atoms with E-state index in [1.165, 1.54) is 0 Å². The maximum Gasteiger partial charge on any atom is 0.270 e. The summed E-state index contributed by atoms with van der Waals surface area (Å²) in [6.07, 6.45) is 1.59. The van der Waals surface area contributed by atoms with Crippen molar-refractivity contribution in [1.29, 1.82) is 0 Å². The Morgan fingerprint density at radius 2 is 1.53 bits per heavy atom. The van der Waals surface area contributed by atoms with Crippen LogP contribution in [0.3, 0.4) is 0 Å². The average Bonchev–Trinajstić information content (AvgIpc) is 3.59. The molecule has 0 atom stereocenters. The first-order chi connectivity index (χ1) is 16.7. The molecule has 6 nitrogen and oxygen atoms in total. The molecule has 0 fully saturated rings. The number of ether oxygens (including phenoxy) is 1. The second kappa shape index (κ2) is 9.50. The summed E-state index contributed by atoms with van der Waals surface area (Å²) in [4.78, 5) is 13.7. The molecule has 0 saturated carbocycles. The molecule has 1 amide bonds. The maximum absolute atomic E-state index is 13.7. The molecule has 6 heteroatoms. The van der Waals surface area contributed by atoms with Crippen LogP contribution in [0.25, 0.3) is 17.1 Å². The minimum absolute atomic E-state index is 0.251. The van der Waals surface area contributed by atoms with Gasteiger partial charge in [-0.15, -0.1) is 0 Å². The Bertz CT molecular complexity index is 1320. The number of carbonyl (C=O) groups excluding carboxylic acids is 1. The van der Waals surface area contributed by atoms with Crippen LogP contribution in [-0.2, 0) is 0 Å². The number of hydrogen-bond acceptors (Lipinski definition) is 4. The Kier molecular flexibility index (Phi) is 5.95. The van der Waals surface area contributed by atoms with Crippen LogP contribution in [0.15, 0.2) is 114 Å². The van der Waals surface area contributed by atoms with Gasteiger partial charge in [-0.25, -0.2) is 4.68 Å². The van der Waals surface area contributed by atoms with Crippen molar-refractivity contribution in [2.75, 3.05) is 7.11 Å². The number of benzene rings is 3. The molecule has 2 aromatic heterocycles. The molecule has 3 aromatic carbocycles. The van der Waals surface area contributed by atoms with E-state index in [0.29, 0.717) is 17.1 Å². The highest BCUT2D eigenvalue weighted by Crippen LogP contribution is 2.26. The number of furan rings is 1. The maximum atomic E-state index is 13.7. The van der Waals surface area contributed by atoms with Crippen LogP contribution in [0.4, 0.5) is 0 Å². The molecule has 0 spiro atoms. The molecule has 168 valence electrons. The normalized spacial score (nSPS) is 10.9. The van der Waals surface area contributed by atoms with Crippen LogP contribution < -0.4 is 10.1 Å². The largest absolute Gasteiger partial charge is 0.497 e. The monoisotopic (exact) mass is 449 g/mol. The summed E-state index contributed by atoms with van der Waals surface area (Å²) in [6.45, 7) is 0. The standard InChI is InChI=1S/C28H23N3O3/c1-33-23-16-14-22(15-17-23)31-25(19-24(30-31)26-13-8-18-34-26)28(32)29-27(20-9-4-2-5-10-20)21-11-6-3-7-12-21/h2-19,27H,1H3,(H,29,32). The first-order valence-electron chi connectivity index (χ1n) is 10.9. The second-order valence-corrected chi connectivity index (χ2v) is 7.73. The van der Waals surface area contributed by atoms with Crippen molar-refractivity contribution in [2.45, 2.75) is 6.04 Å². The van der Waals surface area contributed by atoms with E-state index >= 15 is 0 Å². The number of nitrogens with one attached hydrogen (secondary N) is 1. The number of carbonyl (C=O) groups is 1. The van der Waals surface area contributed by atoms with Gasteiger partial charge in [-0.05, 0) is 47.5 Å². The zero-order valence-electron chi connectivity index (χ0n) is 18.6. The van der Waals surface area contributed by atoms with E-state index in [1.54, 1.807) is 30.2 Å². The Hall–Kier alpha value is -4.58. The SMILES string of the molecule is COc1ccc(-n2nc(-c3ccco3)cc2C(=O)NC(c2ccccc2)c2ccccc2)cc1. The van der Waals surface area contributed by atoms with Gasteiger partial charge in [0, 0.05) is 6.07 Å². The van der Waals surface area contributed by atoms with Gasteiger partial charge in [0.05, 0.1) is 25.1 Å². The molecule has 34 heavy (non-hydrogen) atoms. The topological polar surface area (TPSA) is 69.3 Å². The van der Waals surface area contributed by atoms with Gasteiger partial charge in [-0.2, -0.15) is 5.10 Å². The molecule has 0 unspecified atom stereocenters. The zero-order valence-corrected chi connectivity index (χ0v) is 18.6. The Morgan fingerprint density at radius 3 is 2.09 bits per heavy atom.